The van der Waals surface area contributed by atoms with Crippen molar-refractivity contribution in [1.82, 2.24) is 0 Å². The zero-order valence-corrected chi connectivity index (χ0v) is 8.47. The summed E-state index contributed by atoms with van der Waals surface area (Å²) in [5.74, 6) is 0. The van der Waals surface area contributed by atoms with Crippen molar-refractivity contribution in [2.24, 2.45) is 0 Å². The molecule has 0 heterocycles. The van der Waals surface area contributed by atoms with Crippen molar-refractivity contribution in [2.45, 2.75) is 0 Å². The van der Waals surface area contributed by atoms with Gasteiger partial charge >= 0.3 is 18.2 Å². The first kappa shape index (κ1) is 6.89. The summed E-state index contributed by atoms with van der Waals surface area (Å²) in [4.78, 5) is 0. The lowest BCUT2D eigenvalue weighted by Gasteiger charge is -2.18. The van der Waals surface area contributed by atoms with Crippen LogP contribution in [0.15, 0.2) is 24.3 Å². The second-order valence-corrected chi connectivity index (χ2v) is 5.10. The Morgan fingerprint density at radius 2 is 2.00 bits per heavy atom. The van der Waals surface area contributed by atoms with E-state index in [2.05, 4.69) is 43.2 Å². The number of halogens is 1. The van der Waals surface area contributed by atoms with Crippen molar-refractivity contribution in [2.75, 3.05) is 0 Å². The Balaban J connectivity index is 2.43. The fourth-order valence-electron chi connectivity index (χ4n) is 1.21. The van der Waals surface area contributed by atoms with Gasteiger partial charge in [-0.1, -0.05) is 30.3 Å². The molecule has 2 heteroatoms. The van der Waals surface area contributed by atoms with E-state index in [-0.39, 0.29) is 18.2 Å². The summed E-state index contributed by atoms with van der Waals surface area (Å²) in [7, 11) is 0. The molecule has 0 saturated heterocycles. The van der Waals surface area contributed by atoms with E-state index in [0.717, 1.165) is 0 Å². The highest BCUT2D eigenvalue weighted by atomic mass is 79.9. The molecule has 1 aliphatic carbocycles. The molecule has 0 radical (unpaired) electrons. The zero-order valence-electron chi connectivity index (χ0n) is 5.47. The van der Waals surface area contributed by atoms with Crippen molar-refractivity contribution in [3.8, 4) is 0 Å². The van der Waals surface area contributed by atoms with E-state index in [9.17, 15) is 0 Å². The van der Waals surface area contributed by atoms with Gasteiger partial charge in [-0.15, -0.1) is 3.70 Å². The van der Waals surface area contributed by atoms with Gasteiger partial charge in [-0.3, -0.25) is 12.9 Å². The Morgan fingerprint density at radius 1 is 1.20 bits per heavy atom. The van der Waals surface area contributed by atoms with Crippen LogP contribution in [-0.2, 0) is 0 Å². The first-order valence-electron chi connectivity index (χ1n) is 3.28. The topological polar surface area (TPSA) is 0 Å². The van der Waals surface area contributed by atoms with Gasteiger partial charge in [0.1, 0.15) is 0 Å². The van der Waals surface area contributed by atoms with Gasteiger partial charge in [0.25, 0.3) is 0 Å². The minimum absolute atomic E-state index is 0.110. The minimum Gasteiger partial charge on any atom is -0.296 e. The molecule has 0 saturated carbocycles. The summed E-state index contributed by atoms with van der Waals surface area (Å²) in [6.07, 6.45) is 2.27. The number of benzene rings is 1. The molecule has 0 spiro atoms. The van der Waals surface area contributed by atoms with E-state index in [0.29, 0.717) is 0 Å². The van der Waals surface area contributed by atoms with E-state index >= 15 is 0 Å². The van der Waals surface area contributed by atoms with Gasteiger partial charge < -0.3 is 0 Å². The van der Waals surface area contributed by atoms with E-state index < -0.39 is 0 Å². The van der Waals surface area contributed by atoms with Gasteiger partial charge in [0.05, 0.1) is 0 Å². The summed E-state index contributed by atoms with van der Waals surface area (Å²) in [5.41, 5.74) is 2.87. The second-order valence-electron chi connectivity index (χ2n) is 2.39. The maximum Gasteiger partial charge on any atom is 0.507 e. The monoisotopic (exact) mass is 204 g/mol. The average Bonchev–Trinajstić information content (AvgIpc) is 1.92. The number of rotatable bonds is 1. The largest absolute Gasteiger partial charge is 0.507 e. The van der Waals surface area contributed by atoms with Crippen LogP contribution in [0, 0.1) is 0 Å². The quantitative estimate of drug-likeness (QED) is 0.618. The third-order valence-corrected chi connectivity index (χ3v) is 4.47. The molecule has 0 N–H and O–H groups in total. The van der Waals surface area contributed by atoms with Crippen LogP contribution in [0.25, 0.3) is 9.78 Å². The molecular formula is C8H5BrMg. The van der Waals surface area contributed by atoms with E-state index in [4.69, 9.17) is 0 Å². The Hall–Kier alpha value is 0.206. The molecule has 0 bridgehead atoms. The fraction of sp³-hybridized carbons (Fsp3) is 0. The molecule has 0 aliphatic heterocycles. The first-order valence-corrected chi connectivity index (χ1v) is 7.88. The molecule has 0 fully saturated rings. The number of hydrogen-bond donors (Lipinski definition) is 0. The number of hydrogen-bond acceptors (Lipinski definition) is 0. The van der Waals surface area contributed by atoms with Crippen molar-refractivity contribution in [3.05, 3.63) is 35.4 Å². The Morgan fingerprint density at radius 3 is 2.70 bits per heavy atom. The molecule has 0 atom stereocenters. The van der Waals surface area contributed by atoms with Crippen molar-refractivity contribution in [3.63, 3.8) is 0 Å². The molecule has 10 heavy (non-hydrogen) atoms. The van der Waals surface area contributed by atoms with Gasteiger partial charge in [0, 0.05) is 0 Å². The minimum atomic E-state index is -0.110. The van der Waals surface area contributed by atoms with Crippen molar-refractivity contribution in [1.29, 1.82) is 0 Å². The van der Waals surface area contributed by atoms with Crippen molar-refractivity contribution >= 4 is 40.9 Å². The van der Waals surface area contributed by atoms with Crippen LogP contribution in [0.1, 0.15) is 11.1 Å². The predicted molar refractivity (Wildman–Crippen MR) is 49.0 cm³/mol. The van der Waals surface area contributed by atoms with Gasteiger partial charge in [-0.25, -0.2) is 0 Å². The van der Waals surface area contributed by atoms with Crippen LogP contribution in [0.4, 0.5) is 0 Å². The number of fused-ring (bicyclic) bond motifs is 1. The third kappa shape index (κ3) is 0.948. The van der Waals surface area contributed by atoms with Crippen LogP contribution >= 0.6 is 12.9 Å². The molecule has 1 aliphatic rings. The smallest absolute Gasteiger partial charge is 0.296 e. The average molecular weight is 205 g/mol. The van der Waals surface area contributed by atoms with Crippen LogP contribution in [0.3, 0.4) is 0 Å². The summed E-state index contributed by atoms with van der Waals surface area (Å²) in [6, 6.07) is 8.54. The molecule has 46 valence electrons. The molecule has 0 amide bonds. The lowest BCUT2D eigenvalue weighted by molar-refractivity contribution is 1.56. The normalized spacial score (nSPS) is 12.7. The fourth-order valence-corrected chi connectivity index (χ4v) is 3.37. The SMILES string of the molecule is [Br][Mg][C]1=Cc2ccccc21. The van der Waals surface area contributed by atoms with Gasteiger partial charge in [-0.2, -0.15) is 0 Å². The van der Waals surface area contributed by atoms with E-state index in [1.807, 2.05) is 0 Å². The molecule has 0 aromatic heterocycles. The second kappa shape index (κ2) is 2.68. The summed E-state index contributed by atoms with van der Waals surface area (Å²) >= 11 is 3.46. The third-order valence-electron chi connectivity index (χ3n) is 1.78. The molecule has 1 aromatic rings. The highest BCUT2D eigenvalue weighted by molar-refractivity contribution is 9.23. The van der Waals surface area contributed by atoms with E-state index in [1.54, 1.807) is 3.70 Å². The molecular weight excluding hydrogens is 200 g/mol. The standard InChI is InChI=1S/C8H5.BrH.Mg/c1-2-4-8-6-5-7(8)3-1;;/h1-5H;1H;/q;;+1/p-1. The summed E-state index contributed by atoms with van der Waals surface area (Å²) < 4.78 is 1.55. The molecule has 2 rings (SSSR count). The Labute approximate surface area is 75.9 Å². The van der Waals surface area contributed by atoms with Gasteiger partial charge in [0.15, 0.2) is 0 Å². The predicted octanol–water partition coefficient (Wildman–Crippen LogP) is 2.51. The molecule has 0 nitrogen and oxygen atoms in total. The highest BCUT2D eigenvalue weighted by Gasteiger charge is 2.13. The lowest BCUT2D eigenvalue weighted by Crippen LogP contribution is -2.00. The Kier molecular flexibility index (Phi) is 1.85. The molecule has 1 aromatic carbocycles. The van der Waals surface area contributed by atoms with Gasteiger partial charge in [0.2, 0.25) is 0 Å². The maximum absolute atomic E-state index is 3.57. The summed E-state index contributed by atoms with van der Waals surface area (Å²) in [6.45, 7) is 0. The van der Waals surface area contributed by atoms with Gasteiger partial charge in [-0.05, 0) is 11.1 Å². The molecule has 0 unspecified atom stereocenters. The maximum atomic E-state index is 3.57. The first-order chi connectivity index (χ1) is 4.92. The van der Waals surface area contributed by atoms with Crippen LogP contribution in [-0.4, -0.2) is 18.2 Å². The van der Waals surface area contributed by atoms with E-state index in [1.165, 1.54) is 11.1 Å². The zero-order chi connectivity index (χ0) is 6.97. The summed E-state index contributed by atoms with van der Waals surface area (Å²) in [5, 5.41) is 0. The Bertz CT molecular complexity index is 291. The van der Waals surface area contributed by atoms with Crippen LogP contribution in [0.2, 0.25) is 0 Å². The van der Waals surface area contributed by atoms with Crippen LogP contribution < -0.4 is 0 Å². The van der Waals surface area contributed by atoms with Crippen molar-refractivity contribution < 1.29 is 0 Å². The highest BCUT2D eigenvalue weighted by Crippen LogP contribution is 2.31. The van der Waals surface area contributed by atoms with Crippen LogP contribution in [0.5, 0.6) is 0 Å². The lowest BCUT2D eigenvalue weighted by atomic mass is 9.98.